The number of aliphatic hydroxyl groups is 2. The molecule has 18 heavy (non-hydrogen) atoms. The molecule has 0 saturated heterocycles. The molecule has 0 unspecified atom stereocenters. The van der Waals surface area contributed by atoms with E-state index in [-0.39, 0.29) is 13.2 Å². The maximum absolute atomic E-state index is 11.7. The van der Waals surface area contributed by atoms with E-state index in [0.717, 1.165) is 19.3 Å². The van der Waals surface area contributed by atoms with Gasteiger partial charge in [0.2, 0.25) is 0 Å². The largest absolute Gasteiger partial charge is 0.454 e. The lowest BCUT2D eigenvalue weighted by molar-refractivity contribution is -0.00544. The molecule has 0 spiro atoms. The van der Waals surface area contributed by atoms with Gasteiger partial charge in [0, 0.05) is 0 Å². The number of aryl methyl sites for hydroxylation is 1. The molecular formula is C14H20O4. The summed E-state index contributed by atoms with van der Waals surface area (Å²) < 4.78 is 4.92. The molecule has 1 aromatic carbocycles. The highest BCUT2D eigenvalue weighted by Gasteiger charge is 2.13. The topological polar surface area (TPSA) is 66.8 Å². The van der Waals surface area contributed by atoms with E-state index in [9.17, 15) is 4.79 Å². The van der Waals surface area contributed by atoms with Gasteiger partial charge in [0.25, 0.3) is 0 Å². The molecule has 0 saturated carbocycles. The summed E-state index contributed by atoms with van der Waals surface area (Å²) in [6.07, 6.45) is 2.42. The Kier molecular flexibility index (Phi) is 6.39. The van der Waals surface area contributed by atoms with E-state index in [4.69, 9.17) is 14.9 Å². The number of benzene rings is 1. The molecule has 0 atom stereocenters. The SMILES string of the molecule is CCCCc1ccc(C(=O)OC(CO)CO)cc1. The van der Waals surface area contributed by atoms with Gasteiger partial charge in [-0.2, -0.15) is 0 Å². The molecular weight excluding hydrogens is 232 g/mol. The fourth-order valence-electron chi connectivity index (χ4n) is 1.54. The third-order valence-corrected chi connectivity index (χ3v) is 2.69. The van der Waals surface area contributed by atoms with Crippen LogP contribution < -0.4 is 0 Å². The van der Waals surface area contributed by atoms with Gasteiger partial charge in [0.15, 0.2) is 0 Å². The molecule has 0 fully saturated rings. The van der Waals surface area contributed by atoms with Crippen LogP contribution in [0.25, 0.3) is 0 Å². The third kappa shape index (κ3) is 4.47. The number of carbonyl (C=O) groups excluding carboxylic acids is 1. The Balaban J connectivity index is 2.58. The first-order valence-corrected chi connectivity index (χ1v) is 6.22. The summed E-state index contributed by atoms with van der Waals surface area (Å²) in [4.78, 5) is 11.7. The van der Waals surface area contributed by atoms with Gasteiger partial charge in [-0.25, -0.2) is 4.79 Å². The van der Waals surface area contributed by atoms with E-state index < -0.39 is 12.1 Å². The molecule has 0 aliphatic heterocycles. The number of hydrogen-bond donors (Lipinski definition) is 2. The van der Waals surface area contributed by atoms with Gasteiger partial charge >= 0.3 is 5.97 Å². The Labute approximate surface area is 107 Å². The highest BCUT2D eigenvalue weighted by atomic mass is 16.6. The molecule has 0 aliphatic rings. The number of carbonyl (C=O) groups is 1. The number of esters is 1. The molecule has 4 nitrogen and oxygen atoms in total. The minimum atomic E-state index is -0.850. The van der Waals surface area contributed by atoms with Gasteiger partial charge < -0.3 is 14.9 Å². The van der Waals surface area contributed by atoms with Gasteiger partial charge in [-0.1, -0.05) is 25.5 Å². The van der Waals surface area contributed by atoms with E-state index in [1.54, 1.807) is 12.1 Å². The van der Waals surface area contributed by atoms with Crippen molar-refractivity contribution in [3.63, 3.8) is 0 Å². The minimum Gasteiger partial charge on any atom is -0.454 e. The molecule has 4 heteroatoms. The first-order valence-electron chi connectivity index (χ1n) is 6.22. The minimum absolute atomic E-state index is 0.378. The van der Waals surface area contributed by atoms with Crippen LogP contribution in [0.3, 0.4) is 0 Å². The number of unbranched alkanes of at least 4 members (excludes halogenated alkanes) is 1. The Morgan fingerprint density at radius 2 is 1.83 bits per heavy atom. The van der Waals surface area contributed by atoms with Gasteiger partial charge in [-0.05, 0) is 30.5 Å². The summed E-state index contributed by atoms with van der Waals surface area (Å²) in [6.45, 7) is 1.38. The Hall–Kier alpha value is -1.39. The van der Waals surface area contributed by atoms with Crippen LogP contribution in [0, 0.1) is 0 Å². The second kappa shape index (κ2) is 7.84. The summed E-state index contributed by atoms with van der Waals surface area (Å²) in [6, 6.07) is 7.22. The van der Waals surface area contributed by atoms with Crippen LogP contribution in [0.2, 0.25) is 0 Å². The van der Waals surface area contributed by atoms with Gasteiger partial charge in [0.05, 0.1) is 18.8 Å². The maximum atomic E-state index is 11.7. The summed E-state index contributed by atoms with van der Waals surface area (Å²) >= 11 is 0. The van der Waals surface area contributed by atoms with Crippen molar-refractivity contribution in [2.75, 3.05) is 13.2 Å². The lowest BCUT2D eigenvalue weighted by Gasteiger charge is -2.12. The van der Waals surface area contributed by atoms with Crippen LogP contribution in [-0.4, -0.2) is 35.5 Å². The molecule has 0 heterocycles. The summed E-state index contributed by atoms with van der Waals surface area (Å²) in [5.74, 6) is -0.523. The normalized spacial score (nSPS) is 10.7. The Bertz CT molecular complexity index is 355. The Morgan fingerprint density at radius 3 is 2.33 bits per heavy atom. The van der Waals surface area contributed by atoms with Crippen molar-refractivity contribution < 1.29 is 19.7 Å². The molecule has 0 bridgehead atoms. The average molecular weight is 252 g/mol. The number of aliphatic hydroxyl groups excluding tert-OH is 2. The molecule has 0 aliphatic carbocycles. The lowest BCUT2D eigenvalue weighted by Crippen LogP contribution is -2.25. The fourth-order valence-corrected chi connectivity index (χ4v) is 1.54. The van der Waals surface area contributed by atoms with Gasteiger partial charge in [-0.15, -0.1) is 0 Å². The average Bonchev–Trinajstić information content (AvgIpc) is 2.42. The van der Waals surface area contributed by atoms with Crippen molar-refractivity contribution in [3.8, 4) is 0 Å². The van der Waals surface area contributed by atoms with Crippen LogP contribution in [0.1, 0.15) is 35.7 Å². The van der Waals surface area contributed by atoms with Gasteiger partial charge in [-0.3, -0.25) is 0 Å². The van der Waals surface area contributed by atoms with E-state index >= 15 is 0 Å². The van der Waals surface area contributed by atoms with Crippen molar-refractivity contribution in [1.82, 2.24) is 0 Å². The zero-order valence-electron chi connectivity index (χ0n) is 10.6. The highest BCUT2D eigenvalue weighted by Crippen LogP contribution is 2.09. The van der Waals surface area contributed by atoms with Crippen molar-refractivity contribution in [1.29, 1.82) is 0 Å². The first-order chi connectivity index (χ1) is 8.71. The van der Waals surface area contributed by atoms with Crippen LogP contribution in [0.4, 0.5) is 0 Å². The third-order valence-electron chi connectivity index (χ3n) is 2.69. The van der Waals surface area contributed by atoms with E-state index in [1.807, 2.05) is 12.1 Å². The van der Waals surface area contributed by atoms with E-state index in [2.05, 4.69) is 6.92 Å². The van der Waals surface area contributed by atoms with E-state index in [1.165, 1.54) is 5.56 Å². The van der Waals surface area contributed by atoms with E-state index in [0.29, 0.717) is 5.56 Å². The first kappa shape index (κ1) is 14.7. The summed E-state index contributed by atoms with van der Waals surface area (Å²) in [5, 5.41) is 17.7. The molecule has 2 N–H and O–H groups in total. The highest BCUT2D eigenvalue weighted by molar-refractivity contribution is 5.89. The Morgan fingerprint density at radius 1 is 1.22 bits per heavy atom. The van der Waals surface area contributed by atoms with Crippen LogP contribution >= 0.6 is 0 Å². The number of ether oxygens (including phenoxy) is 1. The molecule has 1 aromatic rings. The quantitative estimate of drug-likeness (QED) is 0.722. The molecule has 0 amide bonds. The number of hydrogen-bond acceptors (Lipinski definition) is 4. The fraction of sp³-hybridized carbons (Fsp3) is 0.500. The molecule has 1 rings (SSSR count). The van der Waals surface area contributed by atoms with Crippen molar-refractivity contribution >= 4 is 5.97 Å². The number of rotatable bonds is 7. The van der Waals surface area contributed by atoms with Crippen LogP contribution in [0.5, 0.6) is 0 Å². The smallest absolute Gasteiger partial charge is 0.338 e. The molecule has 0 radical (unpaired) electrons. The molecule has 0 aromatic heterocycles. The zero-order chi connectivity index (χ0) is 13.4. The molecule has 100 valence electrons. The zero-order valence-corrected chi connectivity index (χ0v) is 10.6. The summed E-state index contributed by atoms with van der Waals surface area (Å²) in [7, 11) is 0. The van der Waals surface area contributed by atoms with Gasteiger partial charge in [0.1, 0.15) is 6.10 Å². The van der Waals surface area contributed by atoms with Crippen LogP contribution in [0.15, 0.2) is 24.3 Å². The predicted molar refractivity (Wildman–Crippen MR) is 68.4 cm³/mol. The van der Waals surface area contributed by atoms with Crippen molar-refractivity contribution in [2.45, 2.75) is 32.3 Å². The summed E-state index contributed by atoms with van der Waals surface area (Å²) in [5.41, 5.74) is 1.62. The predicted octanol–water partition coefficient (Wildman–Crippen LogP) is 1.54. The van der Waals surface area contributed by atoms with Crippen molar-refractivity contribution in [2.24, 2.45) is 0 Å². The second-order valence-electron chi connectivity index (χ2n) is 4.19. The maximum Gasteiger partial charge on any atom is 0.338 e. The standard InChI is InChI=1S/C14H20O4/c1-2-3-4-11-5-7-12(8-6-11)14(17)18-13(9-15)10-16/h5-8,13,15-16H,2-4,9-10H2,1H3. The van der Waals surface area contributed by atoms with Crippen molar-refractivity contribution in [3.05, 3.63) is 35.4 Å². The van der Waals surface area contributed by atoms with Crippen LogP contribution in [-0.2, 0) is 11.2 Å². The monoisotopic (exact) mass is 252 g/mol. The second-order valence-corrected chi connectivity index (χ2v) is 4.19. The lowest BCUT2D eigenvalue weighted by atomic mass is 10.1.